The Bertz CT molecular complexity index is 270. The summed E-state index contributed by atoms with van der Waals surface area (Å²) in [5.74, 6) is -0.201. The second kappa shape index (κ2) is 6.16. The highest BCUT2D eigenvalue weighted by Crippen LogP contribution is 2.03. The summed E-state index contributed by atoms with van der Waals surface area (Å²) < 4.78 is 5.05. The molecule has 0 aliphatic heterocycles. The summed E-state index contributed by atoms with van der Waals surface area (Å²) in [5, 5.41) is 0. The van der Waals surface area contributed by atoms with Crippen molar-refractivity contribution in [3.05, 3.63) is 35.9 Å². The van der Waals surface area contributed by atoms with Crippen molar-refractivity contribution >= 4 is 5.97 Å². The topological polar surface area (TPSA) is 61.3 Å². The summed E-state index contributed by atoms with van der Waals surface area (Å²) in [6.07, 6.45) is 0. The van der Waals surface area contributed by atoms with E-state index in [1.165, 1.54) is 0 Å². The lowest BCUT2D eigenvalue weighted by atomic mass is 10.2. The molecule has 0 saturated heterocycles. The molecule has 0 heterocycles. The van der Waals surface area contributed by atoms with Crippen LogP contribution < -0.4 is 6.15 Å². The van der Waals surface area contributed by atoms with Gasteiger partial charge < -0.3 is 10.9 Å². The maximum Gasteiger partial charge on any atom is 0.308 e. The molecule has 3 heteroatoms. The van der Waals surface area contributed by atoms with E-state index in [1.54, 1.807) is 0 Å². The Morgan fingerprint density at radius 2 is 1.86 bits per heavy atom. The number of hydrogen-bond acceptors (Lipinski definition) is 3. The normalized spacial score (nSPS) is 9.36. The third kappa shape index (κ3) is 4.05. The minimum atomic E-state index is -0.149. The van der Waals surface area contributed by atoms with Crippen molar-refractivity contribution < 1.29 is 9.53 Å². The zero-order chi connectivity index (χ0) is 9.68. The SMILES string of the molecule is CC(C)C(=O)OCc1ccccc1.N. The maximum atomic E-state index is 11.1. The fourth-order valence-corrected chi connectivity index (χ4v) is 0.895. The fourth-order valence-electron chi connectivity index (χ4n) is 0.895. The molecule has 0 unspecified atom stereocenters. The molecule has 0 saturated carbocycles. The lowest BCUT2D eigenvalue weighted by Gasteiger charge is -2.06. The van der Waals surface area contributed by atoms with Crippen molar-refractivity contribution in [2.45, 2.75) is 20.5 Å². The third-order valence-corrected chi connectivity index (χ3v) is 1.70. The Morgan fingerprint density at radius 3 is 2.36 bits per heavy atom. The van der Waals surface area contributed by atoms with Crippen LogP contribution in [0.15, 0.2) is 30.3 Å². The molecule has 78 valence electrons. The maximum absolute atomic E-state index is 11.1. The molecule has 0 spiro atoms. The van der Waals surface area contributed by atoms with E-state index in [4.69, 9.17) is 4.74 Å². The van der Waals surface area contributed by atoms with Gasteiger partial charge in [0.2, 0.25) is 0 Å². The van der Waals surface area contributed by atoms with Crippen LogP contribution in [0.3, 0.4) is 0 Å². The Labute approximate surface area is 84.7 Å². The van der Waals surface area contributed by atoms with Crippen molar-refractivity contribution in [3.63, 3.8) is 0 Å². The largest absolute Gasteiger partial charge is 0.461 e. The van der Waals surface area contributed by atoms with E-state index < -0.39 is 0 Å². The van der Waals surface area contributed by atoms with Crippen LogP contribution >= 0.6 is 0 Å². The van der Waals surface area contributed by atoms with Crippen LogP contribution in [-0.4, -0.2) is 5.97 Å². The molecule has 0 amide bonds. The highest BCUT2D eigenvalue weighted by Gasteiger charge is 2.07. The van der Waals surface area contributed by atoms with Crippen LogP contribution in [0.2, 0.25) is 0 Å². The average molecular weight is 195 g/mol. The number of ether oxygens (including phenoxy) is 1. The lowest BCUT2D eigenvalue weighted by molar-refractivity contribution is -0.148. The first-order chi connectivity index (χ1) is 6.20. The van der Waals surface area contributed by atoms with E-state index in [0.717, 1.165) is 5.56 Å². The molecule has 0 aliphatic rings. The molecule has 0 aliphatic carbocycles. The predicted molar refractivity (Wildman–Crippen MR) is 56.1 cm³/mol. The first kappa shape index (κ1) is 12.7. The van der Waals surface area contributed by atoms with Gasteiger partial charge in [0.15, 0.2) is 0 Å². The number of rotatable bonds is 3. The smallest absolute Gasteiger partial charge is 0.308 e. The highest BCUT2D eigenvalue weighted by molar-refractivity contribution is 5.71. The Balaban J connectivity index is 0.00000169. The van der Waals surface area contributed by atoms with E-state index in [-0.39, 0.29) is 18.0 Å². The van der Waals surface area contributed by atoms with Crippen LogP contribution in [0.5, 0.6) is 0 Å². The molecular formula is C11H17NO2. The van der Waals surface area contributed by atoms with Crippen molar-refractivity contribution in [1.82, 2.24) is 6.15 Å². The number of carbonyl (C=O) groups is 1. The molecule has 0 atom stereocenters. The summed E-state index contributed by atoms with van der Waals surface area (Å²) in [7, 11) is 0. The van der Waals surface area contributed by atoms with Gasteiger partial charge >= 0.3 is 5.97 Å². The monoisotopic (exact) mass is 195 g/mol. The van der Waals surface area contributed by atoms with E-state index >= 15 is 0 Å². The molecule has 0 radical (unpaired) electrons. The number of carbonyl (C=O) groups excluding carboxylic acids is 1. The van der Waals surface area contributed by atoms with Crippen molar-refractivity contribution in [2.24, 2.45) is 5.92 Å². The van der Waals surface area contributed by atoms with Gasteiger partial charge in [0, 0.05) is 0 Å². The Hall–Kier alpha value is -1.35. The fraction of sp³-hybridized carbons (Fsp3) is 0.364. The van der Waals surface area contributed by atoms with Crippen LogP contribution in [0.1, 0.15) is 19.4 Å². The molecule has 1 aromatic carbocycles. The standard InChI is InChI=1S/C11H14O2.H3N/c1-9(2)11(12)13-8-10-6-4-3-5-7-10;/h3-7,9H,8H2,1-2H3;1H3. The Morgan fingerprint density at radius 1 is 1.29 bits per heavy atom. The van der Waals surface area contributed by atoms with Gasteiger partial charge in [-0.25, -0.2) is 0 Å². The van der Waals surface area contributed by atoms with Crippen molar-refractivity contribution in [1.29, 1.82) is 0 Å². The quantitative estimate of drug-likeness (QED) is 0.754. The van der Waals surface area contributed by atoms with Gasteiger partial charge in [-0.05, 0) is 5.56 Å². The van der Waals surface area contributed by atoms with E-state index in [9.17, 15) is 4.79 Å². The van der Waals surface area contributed by atoms with Crippen molar-refractivity contribution in [2.75, 3.05) is 0 Å². The van der Waals surface area contributed by atoms with Gasteiger partial charge in [-0.2, -0.15) is 0 Å². The molecule has 0 fully saturated rings. The number of benzene rings is 1. The van der Waals surface area contributed by atoms with Gasteiger partial charge in [0.25, 0.3) is 0 Å². The van der Waals surface area contributed by atoms with Crippen LogP contribution in [-0.2, 0) is 16.1 Å². The summed E-state index contributed by atoms with van der Waals surface area (Å²) in [6.45, 7) is 4.03. The van der Waals surface area contributed by atoms with Gasteiger partial charge in [0.05, 0.1) is 5.92 Å². The summed E-state index contributed by atoms with van der Waals surface area (Å²) in [5.41, 5.74) is 1.02. The summed E-state index contributed by atoms with van der Waals surface area (Å²) in [6, 6.07) is 9.67. The average Bonchev–Trinajstić information content (AvgIpc) is 2.15. The molecule has 0 bridgehead atoms. The molecule has 14 heavy (non-hydrogen) atoms. The first-order valence-electron chi connectivity index (χ1n) is 4.40. The van der Waals surface area contributed by atoms with Gasteiger partial charge in [-0.15, -0.1) is 0 Å². The molecule has 1 aromatic rings. The minimum Gasteiger partial charge on any atom is -0.461 e. The molecule has 0 aromatic heterocycles. The molecule has 1 rings (SSSR count). The zero-order valence-corrected chi connectivity index (χ0v) is 8.69. The van der Waals surface area contributed by atoms with Gasteiger partial charge in [0.1, 0.15) is 6.61 Å². The van der Waals surface area contributed by atoms with Crippen LogP contribution in [0, 0.1) is 5.92 Å². The van der Waals surface area contributed by atoms with E-state index in [0.29, 0.717) is 6.61 Å². The molecule has 3 N–H and O–H groups in total. The summed E-state index contributed by atoms with van der Waals surface area (Å²) >= 11 is 0. The highest BCUT2D eigenvalue weighted by atomic mass is 16.5. The molecule has 3 nitrogen and oxygen atoms in total. The third-order valence-electron chi connectivity index (χ3n) is 1.70. The zero-order valence-electron chi connectivity index (χ0n) is 8.69. The minimum absolute atomic E-state index is 0. The van der Waals surface area contributed by atoms with Crippen LogP contribution in [0.25, 0.3) is 0 Å². The predicted octanol–water partition coefficient (Wildman–Crippen LogP) is 2.55. The van der Waals surface area contributed by atoms with E-state index in [2.05, 4.69) is 0 Å². The van der Waals surface area contributed by atoms with Gasteiger partial charge in [-0.3, -0.25) is 4.79 Å². The van der Waals surface area contributed by atoms with Crippen molar-refractivity contribution in [3.8, 4) is 0 Å². The molecular weight excluding hydrogens is 178 g/mol. The van der Waals surface area contributed by atoms with Crippen LogP contribution in [0.4, 0.5) is 0 Å². The number of esters is 1. The Kier molecular flexibility index (Phi) is 5.56. The second-order valence-corrected chi connectivity index (χ2v) is 3.25. The van der Waals surface area contributed by atoms with Gasteiger partial charge in [-0.1, -0.05) is 44.2 Å². The first-order valence-corrected chi connectivity index (χ1v) is 4.40. The van der Waals surface area contributed by atoms with E-state index in [1.807, 2.05) is 44.2 Å². The summed E-state index contributed by atoms with van der Waals surface area (Å²) in [4.78, 5) is 11.1. The lowest BCUT2D eigenvalue weighted by Crippen LogP contribution is -2.11. The second-order valence-electron chi connectivity index (χ2n) is 3.25. The number of hydrogen-bond donors (Lipinski definition) is 1.